The monoisotopic (exact) mass is 296 g/mol. The second-order valence-corrected chi connectivity index (χ2v) is 5.62. The van der Waals surface area contributed by atoms with E-state index in [-0.39, 0.29) is 5.91 Å². The summed E-state index contributed by atoms with van der Waals surface area (Å²) in [5.74, 6) is 0.645. The van der Waals surface area contributed by atoms with Crippen LogP contribution in [-0.2, 0) is 11.3 Å². The number of fused-ring (bicyclic) bond motifs is 1. The van der Waals surface area contributed by atoms with Crippen molar-refractivity contribution in [3.8, 4) is 5.75 Å². The van der Waals surface area contributed by atoms with E-state index in [0.29, 0.717) is 30.1 Å². The Bertz CT molecular complexity index is 695. The molecule has 1 aliphatic heterocycles. The predicted octanol–water partition coefficient (Wildman–Crippen LogP) is 3.28. The molecule has 2 N–H and O–H groups in total. The van der Waals surface area contributed by atoms with Crippen LogP contribution in [-0.4, -0.2) is 12.0 Å². The van der Waals surface area contributed by atoms with Crippen molar-refractivity contribution >= 4 is 17.3 Å². The van der Waals surface area contributed by atoms with Gasteiger partial charge in [0.1, 0.15) is 11.4 Å². The molecule has 1 aliphatic rings. The van der Waals surface area contributed by atoms with Gasteiger partial charge in [0.2, 0.25) is 0 Å². The zero-order valence-electron chi connectivity index (χ0n) is 12.9. The molecule has 0 spiro atoms. The maximum Gasteiger partial charge on any atom is 0.268 e. The number of para-hydroxylation sites is 1. The first-order chi connectivity index (χ1) is 10.6. The van der Waals surface area contributed by atoms with Gasteiger partial charge in [-0.25, -0.2) is 0 Å². The number of rotatable bonds is 3. The first kappa shape index (κ1) is 14.4. The van der Waals surface area contributed by atoms with E-state index in [1.165, 1.54) is 5.56 Å². The third kappa shape index (κ3) is 2.52. The van der Waals surface area contributed by atoms with Crippen LogP contribution in [0.2, 0.25) is 0 Å². The van der Waals surface area contributed by atoms with Crippen molar-refractivity contribution in [2.45, 2.75) is 32.9 Å². The van der Waals surface area contributed by atoms with Crippen LogP contribution in [0.1, 0.15) is 24.5 Å². The van der Waals surface area contributed by atoms with Gasteiger partial charge >= 0.3 is 0 Å². The minimum atomic E-state index is -0.445. The lowest BCUT2D eigenvalue weighted by Gasteiger charge is -2.35. The second-order valence-electron chi connectivity index (χ2n) is 5.62. The molecule has 0 saturated carbocycles. The van der Waals surface area contributed by atoms with Gasteiger partial charge in [0.25, 0.3) is 5.91 Å². The molecule has 0 bridgehead atoms. The minimum absolute atomic E-state index is 0.0338. The molecule has 0 saturated heterocycles. The van der Waals surface area contributed by atoms with E-state index in [1.807, 2.05) is 50.2 Å². The van der Waals surface area contributed by atoms with E-state index >= 15 is 0 Å². The molecule has 3 rings (SSSR count). The van der Waals surface area contributed by atoms with E-state index in [1.54, 1.807) is 11.0 Å². The van der Waals surface area contributed by atoms with Crippen LogP contribution >= 0.6 is 0 Å². The van der Waals surface area contributed by atoms with Gasteiger partial charge < -0.3 is 10.5 Å². The number of benzene rings is 2. The summed E-state index contributed by atoms with van der Waals surface area (Å²) < 4.78 is 5.79. The number of anilines is 2. The Morgan fingerprint density at radius 1 is 1.18 bits per heavy atom. The number of nitrogens with zero attached hydrogens (tertiary/aromatic N) is 1. The molecule has 0 fully saturated rings. The Hall–Kier alpha value is -2.49. The molecular weight excluding hydrogens is 276 g/mol. The molecule has 114 valence electrons. The molecule has 0 aliphatic carbocycles. The van der Waals surface area contributed by atoms with Gasteiger partial charge in [0.15, 0.2) is 6.10 Å². The summed E-state index contributed by atoms with van der Waals surface area (Å²) >= 11 is 0. The zero-order chi connectivity index (χ0) is 15.7. The number of nitrogens with two attached hydrogens (primary N) is 1. The summed E-state index contributed by atoms with van der Waals surface area (Å²) in [5, 5.41) is 0. The molecule has 1 atom stereocenters. The highest BCUT2D eigenvalue weighted by Crippen LogP contribution is 2.40. The van der Waals surface area contributed by atoms with Gasteiger partial charge in [-0.2, -0.15) is 0 Å². The smallest absolute Gasteiger partial charge is 0.268 e. The highest BCUT2D eigenvalue weighted by atomic mass is 16.5. The van der Waals surface area contributed by atoms with Crippen LogP contribution in [0.5, 0.6) is 5.75 Å². The molecule has 4 heteroatoms. The van der Waals surface area contributed by atoms with Crippen molar-refractivity contribution in [1.82, 2.24) is 0 Å². The average molecular weight is 296 g/mol. The van der Waals surface area contributed by atoms with E-state index < -0.39 is 6.10 Å². The van der Waals surface area contributed by atoms with Gasteiger partial charge in [0, 0.05) is 0 Å². The van der Waals surface area contributed by atoms with Crippen molar-refractivity contribution in [2.75, 3.05) is 10.6 Å². The zero-order valence-corrected chi connectivity index (χ0v) is 12.9. The number of ether oxygens (including phenoxy) is 1. The van der Waals surface area contributed by atoms with Crippen LogP contribution in [0.15, 0.2) is 42.5 Å². The molecule has 1 unspecified atom stereocenters. The fourth-order valence-electron chi connectivity index (χ4n) is 2.70. The Morgan fingerprint density at radius 2 is 1.91 bits per heavy atom. The van der Waals surface area contributed by atoms with Crippen LogP contribution < -0.4 is 15.4 Å². The molecule has 22 heavy (non-hydrogen) atoms. The van der Waals surface area contributed by atoms with Crippen molar-refractivity contribution < 1.29 is 9.53 Å². The molecule has 2 aromatic carbocycles. The molecule has 1 heterocycles. The number of carbonyl (C=O) groups excluding carboxylic acids is 1. The van der Waals surface area contributed by atoms with Crippen LogP contribution in [0.4, 0.5) is 11.4 Å². The summed E-state index contributed by atoms with van der Waals surface area (Å²) in [5.41, 5.74) is 9.60. The highest BCUT2D eigenvalue weighted by molar-refractivity contribution is 6.02. The largest absolute Gasteiger partial charge is 0.478 e. The molecule has 0 aromatic heterocycles. The number of nitrogen functional groups attached to an aromatic ring is 1. The summed E-state index contributed by atoms with van der Waals surface area (Å²) in [7, 11) is 0. The fraction of sp³-hybridized carbons (Fsp3) is 0.278. The predicted molar refractivity (Wildman–Crippen MR) is 87.9 cm³/mol. The van der Waals surface area contributed by atoms with Gasteiger partial charge in [0.05, 0.1) is 12.2 Å². The third-order valence-corrected chi connectivity index (χ3v) is 3.94. The lowest BCUT2D eigenvalue weighted by atomic mass is 10.1. The quantitative estimate of drug-likeness (QED) is 0.884. The van der Waals surface area contributed by atoms with Crippen LogP contribution in [0.25, 0.3) is 0 Å². The molecule has 4 nitrogen and oxygen atoms in total. The summed E-state index contributed by atoms with van der Waals surface area (Å²) in [6, 6.07) is 13.7. The minimum Gasteiger partial charge on any atom is -0.478 e. The molecule has 2 aromatic rings. The normalized spacial score (nSPS) is 17.1. The number of hydrogen-bond acceptors (Lipinski definition) is 3. The van der Waals surface area contributed by atoms with Gasteiger partial charge in [-0.1, -0.05) is 42.8 Å². The number of hydrogen-bond donors (Lipinski definition) is 1. The Balaban J connectivity index is 2.00. The Labute approximate surface area is 130 Å². The SMILES string of the molecule is CCC1Oc2cccc(N)c2N(Cc2ccc(C)cc2)C1=O. The summed E-state index contributed by atoms with van der Waals surface area (Å²) in [6.07, 6.45) is 0.192. The topological polar surface area (TPSA) is 55.6 Å². The average Bonchev–Trinajstić information content (AvgIpc) is 2.52. The number of carbonyl (C=O) groups is 1. The summed E-state index contributed by atoms with van der Waals surface area (Å²) in [4.78, 5) is 14.4. The van der Waals surface area contributed by atoms with Crippen molar-refractivity contribution in [3.63, 3.8) is 0 Å². The third-order valence-electron chi connectivity index (χ3n) is 3.94. The van der Waals surface area contributed by atoms with Crippen LogP contribution in [0, 0.1) is 6.92 Å². The Kier molecular flexibility index (Phi) is 3.75. The lowest BCUT2D eigenvalue weighted by Crippen LogP contribution is -2.45. The standard InChI is InChI=1S/C18H20N2O2/c1-3-15-18(21)20(11-13-9-7-12(2)8-10-13)17-14(19)5-4-6-16(17)22-15/h4-10,15H,3,11,19H2,1-2H3. The maximum absolute atomic E-state index is 12.7. The van der Waals surface area contributed by atoms with E-state index in [9.17, 15) is 4.79 Å². The van der Waals surface area contributed by atoms with Gasteiger partial charge in [-0.05, 0) is 31.0 Å². The van der Waals surface area contributed by atoms with E-state index in [4.69, 9.17) is 10.5 Å². The van der Waals surface area contributed by atoms with Crippen molar-refractivity contribution in [2.24, 2.45) is 0 Å². The molecule has 1 amide bonds. The van der Waals surface area contributed by atoms with Crippen molar-refractivity contribution in [3.05, 3.63) is 53.6 Å². The van der Waals surface area contributed by atoms with E-state index in [2.05, 4.69) is 0 Å². The maximum atomic E-state index is 12.7. The molecular formula is C18H20N2O2. The van der Waals surface area contributed by atoms with Crippen LogP contribution in [0.3, 0.4) is 0 Å². The van der Waals surface area contributed by atoms with Gasteiger partial charge in [-0.3, -0.25) is 9.69 Å². The first-order valence-electron chi connectivity index (χ1n) is 7.52. The lowest BCUT2D eigenvalue weighted by molar-refractivity contribution is -0.126. The molecule has 0 radical (unpaired) electrons. The van der Waals surface area contributed by atoms with Gasteiger partial charge in [-0.15, -0.1) is 0 Å². The fourth-order valence-corrected chi connectivity index (χ4v) is 2.70. The summed E-state index contributed by atoms with van der Waals surface area (Å²) in [6.45, 7) is 4.49. The Morgan fingerprint density at radius 3 is 2.59 bits per heavy atom. The van der Waals surface area contributed by atoms with Crippen molar-refractivity contribution in [1.29, 1.82) is 0 Å². The number of amides is 1. The van der Waals surface area contributed by atoms with E-state index in [0.717, 1.165) is 5.56 Å². The highest BCUT2D eigenvalue weighted by Gasteiger charge is 2.34. The second kappa shape index (κ2) is 5.72. The first-order valence-corrected chi connectivity index (χ1v) is 7.52. The number of aryl methyl sites for hydroxylation is 1.